The maximum atomic E-state index is 12.1. The number of aryl methyl sites for hydroxylation is 2. The second-order valence-electron chi connectivity index (χ2n) is 5.10. The fraction of sp³-hybridized carbons (Fsp3) is 0.333. The van der Waals surface area contributed by atoms with E-state index in [0.717, 1.165) is 5.69 Å². The molecule has 1 heterocycles. The lowest BCUT2D eigenvalue weighted by atomic mass is 10.3. The fourth-order valence-corrected chi connectivity index (χ4v) is 3.39. The summed E-state index contributed by atoms with van der Waals surface area (Å²) in [7, 11) is -1.65. The van der Waals surface area contributed by atoms with Gasteiger partial charge in [-0.25, -0.2) is 8.42 Å². The van der Waals surface area contributed by atoms with E-state index in [1.807, 2.05) is 6.92 Å². The second kappa shape index (κ2) is 6.31. The van der Waals surface area contributed by atoms with Crippen LogP contribution in [0, 0.1) is 13.8 Å². The Balaban J connectivity index is 2.02. The summed E-state index contributed by atoms with van der Waals surface area (Å²) in [5, 5.41) is 6.94. The molecule has 0 unspecified atom stereocenters. The lowest BCUT2D eigenvalue weighted by Gasteiger charge is -2.07. The first-order valence-corrected chi connectivity index (χ1v) is 8.54. The largest absolute Gasteiger partial charge is 0.323 e. The molecule has 0 aliphatic rings. The fourth-order valence-electron chi connectivity index (χ4n) is 2.13. The van der Waals surface area contributed by atoms with Gasteiger partial charge in [0.15, 0.2) is 9.84 Å². The Kier molecular flexibility index (Phi) is 4.65. The van der Waals surface area contributed by atoms with Crippen LogP contribution in [0.3, 0.4) is 0 Å². The van der Waals surface area contributed by atoms with Gasteiger partial charge in [0.25, 0.3) is 0 Å². The van der Waals surface area contributed by atoms with Crippen molar-refractivity contribution >= 4 is 21.4 Å². The van der Waals surface area contributed by atoms with E-state index < -0.39 is 9.84 Å². The van der Waals surface area contributed by atoms with Crippen LogP contribution in [0.2, 0.25) is 0 Å². The van der Waals surface area contributed by atoms with Crippen LogP contribution in [-0.4, -0.2) is 29.9 Å². The summed E-state index contributed by atoms with van der Waals surface area (Å²) in [5.74, 6) is -0.556. The molecule has 7 heteroatoms. The molecule has 6 nitrogen and oxygen atoms in total. The van der Waals surface area contributed by atoms with Crippen molar-refractivity contribution in [2.45, 2.75) is 25.2 Å². The molecule has 0 saturated heterocycles. The highest BCUT2D eigenvalue weighted by molar-refractivity contribution is 7.91. The van der Waals surface area contributed by atoms with E-state index in [1.165, 1.54) is 12.1 Å². The second-order valence-corrected chi connectivity index (χ2v) is 7.21. The summed E-state index contributed by atoms with van der Waals surface area (Å²) < 4.78 is 25.9. The molecule has 1 aromatic heterocycles. The van der Waals surface area contributed by atoms with Crippen molar-refractivity contribution in [3.8, 4) is 0 Å². The van der Waals surface area contributed by atoms with Gasteiger partial charge in [-0.15, -0.1) is 0 Å². The molecule has 0 radical (unpaired) electrons. The van der Waals surface area contributed by atoms with Gasteiger partial charge in [0.05, 0.1) is 27.7 Å². The number of rotatable bonds is 5. The predicted octanol–water partition coefficient (Wildman–Crippen LogP) is 1.84. The normalized spacial score (nSPS) is 11.4. The lowest BCUT2D eigenvalue weighted by molar-refractivity contribution is -0.115. The highest BCUT2D eigenvalue weighted by Crippen LogP contribution is 2.19. The molecule has 0 saturated carbocycles. The van der Waals surface area contributed by atoms with Gasteiger partial charge < -0.3 is 5.32 Å². The predicted molar refractivity (Wildman–Crippen MR) is 84.4 cm³/mol. The number of carbonyl (C=O) groups excluding carboxylic acids is 1. The summed E-state index contributed by atoms with van der Waals surface area (Å²) in [5.41, 5.74) is 2.18. The Hall–Kier alpha value is -2.15. The Morgan fingerprint density at radius 1 is 1.23 bits per heavy atom. The topological polar surface area (TPSA) is 81.1 Å². The van der Waals surface area contributed by atoms with Gasteiger partial charge in [0, 0.05) is 13.5 Å². The summed E-state index contributed by atoms with van der Waals surface area (Å²) in [6.45, 7) is 3.64. The van der Waals surface area contributed by atoms with Crippen LogP contribution in [0.4, 0.5) is 5.69 Å². The number of amides is 1. The number of carbonyl (C=O) groups is 1. The molecule has 1 amide bonds. The van der Waals surface area contributed by atoms with E-state index in [1.54, 1.807) is 36.9 Å². The number of benzene rings is 1. The van der Waals surface area contributed by atoms with Crippen molar-refractivity contribution < 1.29 is 13.2 Å². The molecule has 2 aromatic rings. The number of sulfone groups is 1. The van der Waals surface area contributed by atoms with E-state index in [4.69, 9.17) is 0 Å². The van der Waals surface area contributed by atoms with Gasteiger partial charge in [0.1, 0.15) is 0 Å². The number of nitrogens with zero attached hydrogens (tertiary/aromatic N) is 2. The van der Waals surface area contributed by atoms with Crippen LogP contribution in [0.15, 0.2) is 35.2 Å². The molecular formula is C15H19N3O3S. The SMILES string of the molecule is Cc1nn(C)c(C)c1NC(=O)CCS(=O)(=O)c1ccccc1. The first-order valence-electron chi connectivity index (χ1n) is 6.89. The Morgan fingerprint density at radius 2 is 1.86 bits per heavy atom. The minimum Gasteiger partial charge on any atom is -0.323 e. The molecule has 118 valence electrons. The van der Waals surface area contributed by atoms with Gasteiger partial charge in [-0.1, -0.05) is 18.2 Å². The van der Waals surface area contributed by atoms with Gasteiger partial charge in [-0.3, -0.25) is 9.48 Å². The molecule has 0 aliphatic carbocycles. The molecule has 2 rings (SSSR count). The molecule has 22 heavy (non-hydrogen) atoms. The zero-order chi connectivity index (χ0) is 16.3. The third-order valence-electron chi connectivity index (χ3n) is 3.47. The molecular weight excluding hydrogens is 302 g/mol. The Morgan fingerprint density at radius 3 is 2.41 bits per heavy atom. The third kappa shape index (κ3) is 3.54. The number of hydrogen-bond acceptors (Lipinski definition) is 4. The van der Waals surface area contributed by atoms with E-state index in [0.29, 0.717) is 11.4 Å². The zero-order valence-corrected chi connectivity index (χ0v) is 13.6. The van der Waals surface area contributed by atoms with Crippen LogP contribution in [0.5, 0.6) is 0 Å². The minimum atomic E-state index is -3.44. The highest BCUT2D eigenvalue weighted by Gasteiger charge is 2.18. The quantitative estimate of drug-likeness (QED) is 0.911. The van der Waals surface area contributed by atoms with E-state index in [-0.39, 0.29) is 23.0 Å². The first-order chi connectivity index (χ1) is 10.3. The lowest BCUT2D eigenvalue weighted by Crippen LogP contribution is -2.18. The van der Waals surface area contributed by atoms with Gasteiger partial charge in [-0.2, -0.15) is 5.10 Å². The van der Waals surface area contributed by atoms with E-state index in [9.17, 15) is 13.2 Å². The number of anilines is 1. The highest BCUT2D eigenvalue weighted by atomic mass is 32.2. The summed E-state index contributed by atoms with van der Waals surface area (Å²) >= 11 is 0. The molecule has 1 aromatic carbocycles. The molecule has 0 aliphatic heterocycles. The molecule has 1 N–H and O–H groups in total. The van der Waals surface area contributed by atoms with Crippen LogP contribution in [0.25, 0.3) is 0 Å². The molecule has 0 fully saturated rings. The van der Waals surface area contributed by atoms with Gasteiger partial charge >= 0.3 is 0 Å². The van der Waals surface area contributed by atoms with Crippen LogP contribution in [0.1, 0.15) is 17.8 Å². The maximum Gasteiger partial charge on any atom is 0.225 e. The maximum absolute atomic E-state index is 12.1. The first kappa shape index (κ1) is 16.2. The minimum absolute atomic E-state index is 0.0923. The van der Waals surface area contributed by atoms with Gasteiger partial charge in [-0.05, 0) is 26.0 Å². The molecule has 0 spiro atoms. The van der Waals surface area contributed by atoms with Crippen molar-refractivity contribution in [2.24, 2.45) is 7.05 Å². The van der Waals surface area contributed by atoms with E-state index in [2.05, 4.69) is 10.4 Å². The average molecular weight is 321 g/mol. The van der Waals surface area contributed by atoms with Crippen molar-refractivity contribution in [3.05, 3.63) is 41.7 Å². The zero-order valence-electron chi connectivity index (χ0n) is 12.8. The monoisotopic (exact) mass is 321 g/mol. The smallest absolute Gasteiger partial charge is 0.225 e. The van der Waals surface area contributed by atoms with Crippen LogP contribution in [-0.2, 0) is 21.7 Å². The van der Waals surface area contributed by atoms with Crippen molar-refractivity contribution in [2.75, 3.05) is 11.1 Å². The van der Waals surface area contributed by atoms with Crippen molar-refractivity contribution in [1.82, 2.24) is 9.78 Å². The standard InChI is InChI=1S/C15H19N3O3S/c1-11-15(12(2)18(3)17-11)16-14(19)9-10-22(20,21)13-7-5-4-6-8-13/h4-8H,9-10H2,1-3H3,(H,16,19). The van der Waals surface area contributed by atoms with Crippen molar-refractivity contribution in [3.63, 3.8) is 0 Å². The molecule has 0 bridgehead atoms. The number of hydrogen-bond donors (Lipinski definition) is 1. The Labute approximate surface area is 130 Å². The van der Waals surface area contributed by atoms with Gasteiger partial charge in [0.2, 0.25) is 5.91 Å². The summed E-state index contributed by atoms with van der Waals surface area (Å²) in [6.07, 6.45) is -0.0923. The number of aromatic nitrogens is 2. The summed E-state index contributed by atoms with van der Waals surface area (Å²) in [4.78, 5) is 12.2. The molecule has 0 atom stereocenters. The van der Waals surface area contributed by atoms with Crippen LogP contribution < -0.4 is 5.32 Å². The Bertz CT molecular complexity index is 780. The third-order valence-corrected chi connectivity index (χ3v) is 5.21. The summed E-state index contributed by atoms with van der Waals surface area (Å²) in [6, 6.07) is 8.13. The van der Waals surface area contributed by atoms with Crippen molar-refractivity contribution in [1.29, 1.82) is 0 Å². The number of nitrogens with one attached hydrogen (secondary N) is 1. The van der Waals surface area contributed by atoms with Crippen LogP contribution >= 0.6 is 0 Å². The van der Waals surface area contributed by atoms with E-state index >= 15 is 0 Å². The average Bonchev–Trinajstić information content (AvgIpc) is 2.73.